The molecule has 0 aromatic carbocycles. The van der Waals surface area contributed by atoms with E-state index in [-0.39, 0.29) is 18.4 Å². The maximum absolute atomic E-state index is 11.8. The molecule has 0 aliphatic heterocycles. The Morgan fingerprint density at radius 1 is 1.58 bits per heavy atom. The first-order valence-electron chi connectivity index (χ1n) is 6.27. The highest BCUT2D eigenvalue weighted by Gasteiger charge is 2.12. The van der Waals surface area contributed by atoms with Crippen LogP contribution in [0.2, 0.25) is 0 Å². The van der Waals surface area contributed by atoms with E-state index in [0.29, 0.717) is 31.6 Å². The van der Waals surface area contributed by atoms with Crippen LogP contribution in [-0.2, 0) is 11.3 Å². The Morgan fingerprint density at radius 3 is 2.95 bits per heavy atom. The summed E-state index contributed by atoms with van der Waals surface area (Å²) in [5, 5.41) is 11.3. The average Bonchev–Trinajstić information content (AvgIpc) is 2.77. The molecule has 7 nitrogen and oxygen atoms in total. The summed E-state index contributed by atoms with van der Waals surface area (Å²) in [7, 11) is 0. The van der Waals surface area contributed by atoms with Crippen molar-refractivity contribution in [1.29, 1.82) is 0 Å². The Labute approximate surface area is 111 Å². The van der Waals surface area contributed by atoms with Gasteiger partial charge in [0.1, 0.15) is 5.69 Å². The van der Waals surface area contributed by atoms with Gasteiger partial charge in [0, 0.05) is 31.7 Å². The number of carbonyl (C=O) groups is 2. The summed E-state index contributed by atoms with van der Waals surface area (Å²) in [6.45, 7) is 2.95. The van der Waals surface area contributed by atoms with Gasteiger partial charge in [-0.25, -0.2) is 4.98 Å². The van der Waals surface area contributed by atoms with Gasteiger partial charge in [-0.15, -0.1) is 0 Å². The molecule has 0 saturated carbocycles. The van der Waals surface area contributed by atoms with Gasteiger partial charge >= 0.3 is 5.97 Å². The minimum Gasteiger partial charge on any atom is -0.481 e. The molecule has 0 fully saturated rings. The number of imidazole rings is 1. The molecular weight excluding hydrogens is 248 g/mol. The van der Waals surface area contributed by atoms with Gasteiger partial charge in [-0.05, 0) is 19.8 Å². The van der Waals surface area contributed by atoms with Crippen molar-refractivity contribution in [2.45, 2.75) is 38.8 Å². The van der Waals surface area contributed by atoms with Crippen LogP contribution in [0.3, 0.4) is 0 Å². The van der Waals surface area contributed by atoms with Gasteiger partial charge in [0.25, 0.3) is 5.91 Å². The Balaban J connectivity index is 2.38. The molecule has 7 heteroatoms. The fourth-order valence-electron chi connectivity index (χ4n) is 1.68. The highest BCUT2D eigenvalue weighted by molar-refractivity contribution is 5.92. The molecule has 1 atom stereocenters. The Kier molecular flexibility index (Phi) is 6.01. The van der Waals surface area contributed by atoms with Crippen molar-refractivity contribution in [3.63, 3.8) is 0 Å². The number of aromatic nitrogens is 2. The number of carboxylic acid groups (broad SMARTS) is 1. The molecule has 19 heavy (non-hydrogen) atoms. The van der Waals surface area contributed by atoms with E-state index >= 15 is 0 Å². The van der Waals surface area contributed by atoms with Crippen LogP contribution in [0, 0.1) is 0 Å². The number of aliphatic carboxylic acids is 1. The lowest BCUT2D eigenvalue weighted by molar-refractivity contribution is -0.137. The smallest absolute Gasteiger partial charge is 0.303 e. The lowest BCUT2D eigenvalue weighted by Crippen LogP contribution is -2.32. The van der Waals surface area contributed by atoms with Gasteiger partial charge in [-0.1, -0.05) is 0 Å². The first kappa shape index (κ1) is 15.2. The molecule has 4 N–H and O–H groups in total. The second-order valence-corrected chi connectivity index (χ2v) is 4.45. The minimum atomic E-state index is -0.820. The molecule has 0 radical (unpaired) electrons. The number of carbonyl (C=O) groups excluding carboxylic acids is 1. The van der Waals surface area contributed by atoms with Gasteiger partial charge in [0.2, 0.25) is 0 Å². The van der Waals surface area contributed by atoms with Crippen molar-refractivity contribution >= 4 is 11.9 Å². The van der Waals surface area contributed by atoms with Crippen LogP contribution in [0.5, 0.6) is 0 Å². The first-order chi connectivity index (χ1) is 9.02. The molecule has 1 rings (SSSR count). The van der Waals surface area contributed by atoms with E-state index in [1.54, 1.807) is 17.1 Å². The highest BCUT2D eigenvalue weighted by atomic mass is 16.4. The molecule has 0 bridgehead atoms. The lowest BCUT2D eigenvalue weighted by atomic mass is 10.1. The minimum absolute atomic E-state index is 0.0773. The van der Waals surface area contributed by atoms with Gasteiger partial charge in [-0.3, -0.25) is 9.59 Å². The summed E-state index contributed by atoms with van der Waals surface area (Å²) in [4.78, 5) is 26.2. The number of amides is 1. The van der Waals surface area contributed by atoms with E-state index in [4.69, 9.17) is 10.8 Å². The summed E-state index contributed by atoms with van der Waals surface area (Å²) < 4.78 is 1.75. The topological polar surface area (TPSA) is 110 Å². The standard InChI is InChI=1S/C12H20N4O3/c1-9(3-2-4-11(17)18)15-12(19)10-7-16(6-5-13)8-14-10/h7-9H,2-6,13H2,1H3,(H,15,19)(H,17,18). The fraction of sp³-hybridized carbons (Fsp3) is 0.583. The molecule has 0 spiro atoms. The third kappa shape index (κ3) is 5.52. The average molecular weight is 268 g/mol. The molecule has 106 valence electrons. The van der Waals surface area contributed by atoms with Crippen LogP contribution in [0.25, 0.3) is 0 Å². The maximum Gasteiger partial charge on any atom is 0.303 e. The third-order valence-corrected chi connectivity index (χ3v) is 2.66. The van der Waals surface area contributed by atoms with E-state index < -0.39 is 5.97 Å². The Hall–Kier alpha value is -1.89. The van der Waals surface area contributed by atoms with Crippen LogP contribution in [0.4, 0.5) is 0 Å². The molecule has 0 aliphatic carbocycles. The predicted octanol–water partition coefficient (Wildman–Crippen LogP) is 0.215. The first-order valence-corrected chi connectivity index (χ1v) is 6.27. The zero-order valence-electron chi connectivity index (χ0n) is 11.0. The monoisotopic (exact) mass is 268 g/mol. The highest BCUT2D eigenvalue weighted by Crippen LogP contribution is 2.02. The number of nitrogens with two attached hydrogens (primary N) is 1. The predicted molar refractivity (Wildman–Crippen MR) is 69.7 cm³/mol. The summed E-state index contributed by atoms with van der Waals surface area (Å²) in [6.07, 6.45) is 4.49. The normalized spacial score (nSPS) is 12.1. The molecule has 1 amide bonds. The van der Waals surface area contributed by atoms with Crippen LogP contribution in [0.15, 0.2) is 12.5 Å². The molecule has 1 heterocycles. The van der Waals surface area contributed by atoms with Gasteiger partial charge in [0.15, 0.2) is 0 Å². The largest absolute Gasteiger partial charge is 0.481 e. The molecule has 1 unspecified atom stereocenters. The second kappa shape index (κ2) is 7.52. The molecule has 1 aromatic heterocycles. The number of nitrogens with zero attached hydrogens (tertiary/aromatic N) is 2. The third-order valence-electron chi connectivity index (χ3n) is 2.66. The van der Waals surface area contributed by atoms with E-state index in [1.165, 1.54) is 0 Å². The second-order valence-electron chi connectivity index (χ2n) is 4.45. The lowest BCUT2D eigenvalue weighted by Gasteiger charge is -2.11. The molecule has 0 aliphatic rings. The fourth-order valence-corrected chi connectivity index (χ4v) is 1.68. The number of hydrogen-bond donors (Lipinski definition) is 3. The Morgan fingerprint density at radius 2 is 2.32 bits per heavy atom. The summed E-state index contributed by atoms with van der Waals surface area (Å²) in [6, 6.07) is -0.0773. The van der Waals surface area contributed by atoms with Gasteiger partial charge < -0.3 is 20.7 Å². The van der Waals surface area contributed by atoms with E-state index in [1.807, 2.05) is 6.92 Å². The number of rotatable bonds is 8. The van der Waals surface area contributed by atoms with Crippen molar-refractivity contribution in [1.82, 2.24) is 14.9 Å². The Bertz CT molecular complexity index is 430. The zero-order valence-corrected chi connectivity index (χ0v) is 11.0. The molecular formula is C12H20N4O3. The van der Waals surface area contributed by atoms with Crippen molar-refractivity contribution < 1.29 is 14.7 Å². The summed E-state index contributed by atoms with van der Waals surface area (Å²) in [5.41, 5.74) is 5.75. The van der Waals surface area contributed by atoms with Crippen LogP contribution < -0.4 is 11.1 Å². The zero-order chi connectivity index (χ0) is 14.3. The number of hydrogen-bond acceptors (Lipinski definition) is 4. The van der Waals surface area contributed by atoms with Crippen molar-refractivity contribution in [2.75, 3.05) is 6.54 Å². The van der Waals surface area contributed by atoms with Crippen LogP contribution >= 0.6 is 0 Å². The van der Waals surface area contributed by atoms with E-state index in [2.05, 4.69) is 10.3 Å². The van der Waals surface area contributed by atoms with Gasteiger partial charge in [-0.2, -0.15) is 0 Å². The molecule has 0 saturated heterocycles. The van der Waals surface area contributed by atoms with Crippen LogP contribution in [0.1, 0.15) is 36.7 Å². The number of carboxylic acids is 1. The molecule has 1 aromatic rings. The van der Waals surface area contributed by atoms with Crippen molar-refractivity contribution in [3.05, 3.63) is 18.2 Å². The van der Waals surface area contributed by atoms with Crippen LogP contribution in [-0.4, -0.2) is 39.1 Å². The van der Waals surface area contributed by atoms with E-state index in [0.717, 1.165) is 0 Å². The summed E-state index contributed by atoms with van der Waals surface area (Å²) >= 11 is 0. The van der Waals surface area contributed by atoms with E-state index in [9.17, 15) is 9.59 Å². The van der Waals surface area contributed by atoms with Gasteiger partial charge in [0.05, 0.1) is 6.33 Å². The van der Waals surface area contributed by atoms with Crippen molar-refractivity contribution in [3.8, 4) is 0 Å². The quantitative estimate of drug-likeness (QED) is 0.624. The summed E-state index contributed by atoms with van der Waals surface area (Å²) in [5.74, 6) is -1.07. The maximum atomic E-state index is 11.8. The SMILES string of the molecule is CC(CCCC(=O)O)NC(=O)c1cn(CCN)cn1. The number of nitrogens with one attached hydrogen (secondary N) is 1. The van der Waals surface area contributed by atoms with Crippen molar-refractivity contribution in [2.24, 2.45) is 5.73 Å².